The summed E-state index contributed by atoms with van der Waals surface area (Å²) in [6.07, 6.45) is 1.55. The Morgan fingerprint density at radius 3 is 2.38 bits per heavy atom. The minimum atomic E-state index is 0.516. The molecule has 1 heterocycles. The average Bonchev–Trinajstić information content (AvgIpc) is 2.48. The summed E-state index contributed by atoms with van der Waals surface area (Å²) in [5.41, 5.74) is 7.76. The van der Waals surface area contributed by atoms with E-state index in [9.17, 15) is 0 Å². The molecule has 24 heavy (non-hydrogen) atoms. The van der Waals surface area contributed by atoms with Gasteiger partial charge in [0.05, 0.1) is 0 Å². The first kappa shape index (κ1) is 18.3. The van der Waals surface area contributed by atoms with Gasteiger partial charge >= 0.3 is 0 Å². The number of nitrogens with two attached hydrogens (primary N) is 1. The first-order valence-electron chi connectivity index (χ1n) is 8.24. The van der Waals surface area contributed by atoms with Crippen LogP contribution in [0.5, 0.6) is 0 Å². The summed E-state index contributed by atoms with van der Waals surface area (Å²) in [7, 11) is 0. The summed E-state index contributed by atoms with van der Waals surface area (Å²) in [4.78, 5) is 10.9. The van der Waals surface area contributed by atoms with Crippen molar-refractivity contribution in [2.24, 2.45) is 11.8 Å². The molecule has 0 atom stereocenters. The molecule has 0 spiro atoms. The largest absolute Gasteiger partial charge is 0.393 e. The Labute approximate surface area is 149 Å². The van der Waals surface area contributed by atoms with Crippen LogP contribution in [0.25, 0.3) is 0 Å². The number of rotatable bonds is 7. The molecule has 0 aliphatic carbocycles. The van der Waals surface area contributed by atoms with Crippen molar-refractivity contribution in [3.8, 4) is 0 Å². The van der Waals surface area contributed by atoms with Gasteiger partial charge in [-0.3, -0.25) is 0 Å². The Balaban J connectivity index is 2.30. The zero-order valence-electron chi connectivity index (χ0n) is 14.8. The van der Waals surface area contributed by atoms with Crippen molar-refractivity contribution in [1.82, 2.24) is 9.97 Å². The zero-order valence-corrected chi connectivity index (χ0v) is 15.5. The van der Waals surface area contributed by atoms with Gasteiger partial charge < -0.3 is 16.0 Å². The number of nitrogen functional groups attached to an aromatic ring is 1. The van der Waals surface area contributed by atoms with E-state index in [-0.39, 0.29) is 0 Å². The molecule has 2 rings (SSSR count). The van der Waals surface area contributed by atoms with Gasteiger partial charge in [0.25, 0.3) is 0 Å². The molecule has 0 amide bonds. The number of hydrogen-bond acceptors (Lipinski definition) is 5. The van der Waals surface area contributed by atoms with E-state index in [0.29, 0.717) is 28.4 Å². The van der Waals surface area contributed by atoms with Crippen molar-refractivity contribution in [3.05, 3.63) is 35.6 Å². The van der Waals surface area contributed by atoms with Crippen molar-refractivity contribution in [2.75, 3.05) is 29.0 Å². The zero-order chi connectivity index (χ0) is 17.7. The molecule has 1 aromatic carbocycles. The first-order valence-corrected chi connectivity index (χ1v) is 8.62. The standard InChI is InChI=1S/C18H26ClN5/c1-12(2)9-24(10-13(3)4)18-16(20)17(21-11-22-18)23-15-7-5-6-14(19)8-15/h5-8,11-13H,9-10,20H2,1-4H3,(H,21,22,23). The van der Waals surface area contributed by atoms with Gasteiger partial charge in [0.1, 0.15) is 12.0 Å². The van der Waals surface area contributed by atoms with Crippen molar-refractivity contribution in [3.63, 3.8) is 0 Å². The number of halogens is 1. The van der Waals surface area contributed by atoms with Gasteiger partial charge in [0, 0.05) is 23.8 Å². The average molecular weight is 348 g/mol. The molecule has 6 heteroatoms. The highest BCUT2D eigenvalue weighted by Gasteiger charge is 2.17. The number of benzene rings is 1. The lowest BCUT2D eigenvalue weighted by Crippen LogP contribution is -2.32. The van der Waals surface area contributed by atoms with Crippen molar-refractivity contribution >= 4 is 34.6 Å². The SMILES string of the molecule is CC(C)CN(CC(C)C)c1ncnc(Nc2cccc(Cl)c2)c1N. The number of hydrogen-bond donors (Lipinski definition) is 2. The summed E-state index contributed by atoms with van der Waals surface area (Å²) < 4.78 is 0. The Morgan fingerprint density at radius 2 is 1.79 bits per heavy atom. The van der Waals surface area contributed by atoms with Crippen LogP contribution in [-0.2, 0) is 0 Å². The van der Waals surface area contributed by atoms with Crippen LogP contribution in [0.1, 0.15) is 27.7 Å². The lowest BCUT2D eigenvalue weighted by atomic mass is 10.1. The minimum absolute atomic E-state index is 0.516. The van der Waals surface area contributed by atoms with Crippen LogP contribution >= 0.6 is 11.6 Å². The first-order chi connectivity index (χ1) is 11.4. The van der Waals surface area contributed by atoms with Crippen LogP contribution in [0, 0.1) is 11.8 Å². The van der Waals surface area contributed by atoms with Gasteiger partial charge in [0.15, 0.2) is 11.6 Å². The van der Waals surface area contributed by atoms with E-state index in [1.54, 1.807) is 6.33 Å². The van der Waals surface area contributed by atoms with Crippen molar-refractivity contribution < 1.29 is 0 Å². The van der Waals surface area contributed by atoms with Crippen LogP contribution < -0.4 is 16.0 Å². The molecule has 0 aliphatic heterocycles. The highest BCUT2D eigenvalue weighted by atomic mass is 35.5. The molecule has 5 nitrogen and oxygen atoms in total. The maximum Gasteiger partial charge on any atom is 0.159 e. The van der Waals surface area contributed by atoms with Crippen LogP contribution in [0.2, 0.25) is 5.02 Å². The molecular formula is C18H26ClN5. The second kappa shape index (κ2) is 8.20. The fraction of sp³-hybridized carbons (Fsp3) is 0.444. The Kier molecular flexibility index (Phi) is 6.26. The van der Waals surface area contributed by atoms with Gasteiger partial charge in [-0.25, -0.2) is 9.97 Å². The number of aromatic nitrogens is 2. The summed E-state index contributed by atoms with van der Waals surface area (Å²) in [5, 5.41) is 3.89. The topological polar surface area (TPSA) is 67.1 Å². The summed E-state index contributed by atoms with van der Waals surface area (Å²) >= 11 is 6.03. The van der Waals surface area contributed by atoms with Crippen molar-refractivity contribution in [2.45, 2.75) is 27.7 Å². The molecule has 0 unspecified atom stereocenters. The highest BCUT2D eigenvalue weighted by molar-refractivity contribution is 6.30. The van der Waals surface area contributed by atoms with E-state index in [1.807, 2.05) is 24.3 Å². The third-order valence-electron chi connectivity index (χ3n) is 3.42. The van der Waals surface area contributed by atoms with Crippen LogP contribution in [-0.4, -0.2) is 23.1 Å². The molecule has 0 bridgehead atoms. The molecular weight excluding hydrogens is 322 g/mol. The summed E-state index contributed by atoms with van der Waals surface area (Å²) in [6, 6.07) is 7.47. The van der Waals surface area contributed by atoms with Gasteiger partial charge in [-0.2, -0.15) is 0 Å². The fourth-order valence-corrected chi connectivity index (χ4v) is 2.76. The van der Waals surface area contributed by atoms with Gasteiger partial charge in [-0.15, -0.1) is 0 Å². The number of anilines is 4. The molecule has 1 aromatic heterocycles. The molecule has 0 saturated carbocycles. The predicted molar refractivity (Wildman–Crippen MR) is 103 cm³/mol. The third-order valence-corrected chi connectivity index (χ3v) is 3.66. The van der Waals surface area contributed by atoms with Crippen LogP contribution in [0.15, 0.2) is 30.6 Å². The summed E-state index contributed by atoms with van der Waals surface area (Å²) in [6.45, 7) is 10.6. The maximum absolute atomic E-state index is 6.36. The van der Waals surface area contributed by atoms with Crippen LogP contribution in [0.3, 0.4) is 0 Å². The molecule has 130 valence electrons. The second-order valence-electron chi connectivity index (χ2n) is 6.79. The molecule has 0 fully saturated rings. The molecule has 0 aliphatic rings. The van der Waals surface area contributed by atoms with E-state index in [2.05, 4.69) is 47.9 Å². The molecule has 3 N–H and O–H groups in total. The van der Waals surface area contributed by atoms with E-state index in [4.69, 9.17) is 17.3 Å². The van der Waals surface area contributed by atoms with Gasteiger partial charge in [-0.05, 0) is 30.0 Å². The Hall–Kier alpha value is -2.01. The quantitative estimate of drug-likeness (QED) is 0.767. The van der Waals surface area contributed by atoms with E-state index < -0.39 is 0 Å². The highest BCUT2D eigenvalue weighted by Crippen LogP contribution is 2.30. The van der Waals surface area contributed by atoms with E-state index >= 15 is 0 Å². The number of nitrogens with one attached hydrogen (secondary N) is 1. The summed E-state index contributed by atoms with van der Waals surface area (Å²) in [5.74, 6) is 2.40. The second-order valence-corrected chi connectivity index (χ2v) is 7.22. The Morgan fingerprint density at radius 1 is 1.12 bits per heavy atom. The molecule has 0 radical (unpaired) electrons. The third kappa shape index (κ3) is 4.99. The molecule has 2 aromatic rings. The van der Waals surface area contributed by atoms with E-state index in [0.717, 1.165) is 24.6 Å². The lowest BCUT2D eigenvalue weighted by Gasteiger charge is -2.28. The monoisotopic (exact) mass is 347 g/mol. The maximum atomic E-state index is 6.36. The van der Waals surface area contributed by atoms with Gasteiger partial charge in [-0.1, -0.05) is 45.4 Å². The van der Waals surface area contributed by atoms with E-state index in [1.165, 1.54) is 0 Å². The Bertz CT molecular complexity index is 662. The van der Waals surface area contributed by atoms with Crippen molar-refractivity contribution in [1.29, 1.82) is 0 Å². The van der Waals surface area contributed by atoms with Crippen LogP contribution in [0.4, 0.5) is 23.0 Å². The predicted octanol–water partition coefficient (Wildman–Crippen LogP) is 4.57. The fourth-order valence-electron chi connectivity index (χ4n) is 2.57. The smallest absolute Gasteiger partial charge is 0.159 e. The minimum Gasteiger partial charge on any atom is -0.393 e. The number of nitrogens with zero attached hydrogens (tertiary/aromatic N) is 3. The normalized spacial score (nSPS) is 11.1. The van der Waals surface area contributed by atoms with Gasteiger partial charge in [0.2, 0.25) is 0 Å². The molecule has 0 saturated heterocycles. The lowest BCUT2D eigenvalue weighted by molar-refractivity contribution is 0.549.